The van der Waals surface area contributed by atoms with Crippen LogP contribution in [0.25, 0.3) is 0 Å². The smallest absolute Gasteiger partial charge is 0.159 e. The lowest BCUT2D eigenvalue weighted by Gasteiger charge is -2.17. The molecule has 1 unspecified atom stereocenters. The van der Waals surface area contributed by atoms with E-state index in [9.17, 15) is 4.79 Å². The van der Waals surface area contributed by atoms with E-state index in [0.29, 0.717) is 12.0 Å². The molecule has 1 N–H and O–H groups in total. The van der Waals surface area contributed by atoms with Crippen LogP contribution in [-0.2, 0) is 0 Å². The Balaban J connectivity index is 2.58. The summed E-state index contributed by atoms with van der Waals surface area (Å²) < 4.78 is 0. The Labute approximate surface area is 98.1 Å². The second-order valence-electron chi connectivity index (χ2n) is 4.81. The van der Waals surface area contributed by atoms with Crippen molar-refractivity contribution >= 4 is 11.5 Å². The number of ketones is 1. The van der Waals surface area contributed by atoms with Gasteiger partial charge in [0.15, 0.2) is 5.78 Å². The topological polar surface area (TPSA) is 29.1 Å². The van der Waals surface area contributed by atoms with Crippen LogP contribution in [-0.4, -0.2) is 11.8 Å². The van der Waals surface area contributed by atoms with E-state index in [4.69, 9.17) is 0 Å². The summed E-state index contributed by atoms with van der Waals surface area (Å²) in [6.07, 6.45) is 1.15. The molecule has 0 heterocycles. The van der Waals surface area contributed by atoms with Gasteiger partial charge in [0.05, 0.1) is 0 Å². The lowest BCUT2D eigenvalue weighted by molar-refractivity contribution is 0.101. The zero-order chi connectivity index (χ0) is 12.1. The zero-order valence-corrected chi connectivity index (χ0v) is 10.6. The predicted octanol–water partition coefficient (Wildman–Crippen LogP) is 3.74. The van der Waals surface area contributed by atoms with E-state index in [-0.39, 0.29) is 5.78 Å². The van der Waals surface area contributed by atoms with Gasteiger partial charge in [-0.1, -0.05) is 13.8 Å². The molecule has 16 heavy (non-hydrogen) atoms. The largest absolute Gasteiger partial charge is 0.383 e. The SMILES string of the molecule is CC(=O)c1ccc(NC(C)CC(C)C)cc1. The molecule has 0 aliphatic rings. The first kappa shape index (κ1) is 12.8. The lowest BCUT2D eigenvalue weighted by Crippen LogP contribution is -2.17. The van der Waals surface area contributed by atoms with Crippen molar-refractivity contribution in [2.75, 3.05) is 5.32 Å². The van der Waals surface area contributed by atoms with Crippen molar-refractivity contribution in [1.82, 2.24) is 0 Å². The number of benzene rings is 1. The molecule has 88 valence electrons. The van der Waals surface area contributed by atoms with Gasteiger partial charge in [-0.2, -0.15) is 0 Å². The number of Topliss-reactive ketones (excluding diaryl/α,β-unsaturated/α-hetero) is 1. The van der Waals surface area contributed by atoms with Crippen molar-refractivity contribution in [3.8, 4) is 0 Å². The number of anilines is 1. The van der Waals surface area contributed by atoms with Gasteiger partial charge >= 0.3 is 0 Å². The van der Waals surface area contributed by atoms with Crippen molar-refractivity contribution in [3.63, 3.8) is 0 Å². The second-order valence-corrected chi connectivity index (χ2v) is 4.81. The van der Waals surface area contributed by atoms with Crippen LogP contribution in [0.2, 0.25) is 0 Å². The molecule has 0 spiro atoms. The first-order valence-electron chi connectivity index (χ1n) is 5.86. The third-order valence-corrected chi connectivity index (χ3v) is 2.53. The summed E-state index contributed by atoms with van der Waals surface area (Å²) >= 11 is 0. The summed E-state index contributed by atoms with van der Waals surface area (Å²) in [7, 11) is 0. The number of nitrogens with one attached hydrogen (secondary N) is 1. The van der Waals surface area contributed by atoms with E-state index < -0.39 is 0 Å². The summed E-state index contributed by atoms with van der Waals surface area (Å²) in [5.41, 5.74) is 1.85. The minimum atomic E-state index is 0.113. The van der Waals surface area contributed by atoms with Gasteiger partial charge in [-0.3, -0.25) is 4.79 Å². The van der Waals surface area contributed by atoms with Gasteiger partial charge in [-0.15, -0.1) is 0 Å². The molecule has 1 aromatic carbocycles. The number of hydrogen-bond donors (Lipinski definition) is 1. The molecule has 2 heteroatoms. The minimum absolute atomic E-state index is 0.113. The summed E-state index contributed by atoms with van der Waals surface area (Å²) in [4.78, 5) is 11.1. The van der Waals surface area contributed by atoms with Crippen molar-refractivity contribution in [2.45, 2.75) is 40.2 Å². The van der Waals surface area contributed by atoms with Crippen molar-refractivity contribution in [2.24, 2.45) is 5.92 Å². The third-order valence-electron chi connectivity index (χ3n) is 2.53. The van der Waals surface area contributed by atoms with E-state index in [1.165, 1.54) is 0 Å². The summed E-state index contributed by atoms with van der Waals surface area (Å²) in [5, 5.41) is 3.43. The first-order valence-corrected chi connectivity index (χ1v) is 5.86. The van der Waals surface area contributed by atoms with Crippen molar-refractivity contribution in [1.29, 1.82) is 0 Å². The molecule has 0 saturated heterocycles. The molecule has 0 aliphatic heterocycles. The molecule has 0 fully saturated rings. The zero-order valence-electron chi connectivity index (χ0n) is 10.6. The van der Waals surface area contributed by atoms with Crippen LogP contribution in [0.4, 0.5) is 5.69 Å². The Kier molecular flexibility index (Phi) is 4.53. The highest BCUT2D eigenvalue weighted by molar-refractivity contribution is 5.94. The Bertz CT molecular complexity index is 340. The number of hydrogen-bond acceptors (Lipinski definition) is 2. The second kappa shape index (κ2) is 5.69. The molecule has 0 aromatic heterocycles. The van der Waals surface area contributed by atoms with E-state index in [1.54, 1.807) is 6.92 Å². The van der Waals surface area contributed by atoms with Gasteiger partial charge in [0, 0.05) is 17.3 Å². The minimum Gasteiger partial charge on any atom is -0.383 e. The Morgan fingerprint density at radius 1 is 1.19 bits per heavy atom. The standard InChI is InChI=1S/C14H21NO/c1-10(2)9-11(3)15-14-7-5-13(6-8-14)12(4)16/h5-8,10-11,15H,9H2,1-4H3. The molecule has 1 atom stereocenters. The monoisotopic (exact) mass is 219 g/mol. The molecular weight excluding hydrogens is 198 g/mol. The fourth-order valence-corrected chi connectivity index (χ4v) is 1.85. The number of rotatable bonds is 5. The molecule has 0 saturated carbocycles. The van der Waals surface area contributed by atoms with Crippen LogP contribution >= 0.6 is 0 Å². The van der Waals surface area contributed by atoms with Gasteiger partial charge in [-0.25, -0.2) is 0 Å². The summed E-state index contributed by atoms with van der Waals surface area (Å²) in [5.74, 6) is 0.806. The van der Waals surface area contributed by atoms with Gasteiger partial charge in [0.2, 0.25) is 0 Å². The predicted molar refractivity (Wildman–Crippen MR) is 69.0 cm³/mol. The maximum Gasteiger partial charge on any atom is 0.159 e. The molecule has 1 aromatic rings. The fourth-order valence-electron chi connectivity index (χ4n) is 1.85. The van der Waals surface area contributed by atoms with E-state index in [1.807, 2.05) is 24.3 Å². The van der Waals surface area contributed by atoms with Crippen LogP contribution in [0.15, 0.2) is 24.3 Å². The highest BCUT2D eigenvalue weighted by Gasteiger charge is 2.05. The Hall–Kier alpha value is -1.31. The third kappa shape index (κ3) is 4.05. The normalized spacial score (nSPS) is 12.6. The van der Waals surface area contributed by atoms with Crippen molar-refractivity contribution < 1.29 is 4.79 Å². The van der Waals surface area contributed by atoms with Gasteiger partial charge in [-0.05, 0) is 50.5 Å². The van der Waals surface area contributed by atoms with Gasteiger partial charge in [0.1, 0.15) is 0 Å². The Morgan fingerprint density at radius 2 is 1.75 bits per heavy atom. The summed E-state index contributed by atoms with van der Waals surface area (Å²) in [6, 6.07) is 8.13. The molecular formula is C14H21NO. The maximum absolute atomic E-state index is 11.1. The fraction of sp³-hybridized carbons (Fsp3) is 0.500. The highest BCUT2D eigenvalue weighted by Crippen LogP contribution is 2.14. The summed E-state index contributed by atoms with van der Waals surface area (Å²) in [6.45, 7) is 8.21. The van der Waals surface area contributed by atoms with Gasteiger partial charge in [0.25, 0.3) is 0 Å². The number of carbonyl (C=O) groups excluding carboxylic acids is 1. The van der Waals surface area contributed by atoms with Crippen LogP contribution in [0, 0.1) is 5.92 Å². The maximum atomic E-state index is 11.1. The average molecular weight is 219 g/mol. The molecule has 0 bridgehead atoms. The van der Waals surface area contributed by atoms with E-state index in [2.05, 4.69) is 26.1 Å². The average Bonchev–Trinajstić information content (AvgIpc) is 2.16. The van der Waals surface area contributed by atoms with Crippen LogP contribution in [0.5, 0.6) is 0 Å². The van der Waals surface area contributed by atoms with Crippen LogP contribution < -0.4 is 5.32 Å². The lowest BCUT2D eigenvalue weighted by atomic mass is 10.0. The molecule has 2 nitrogen and oxygen atoms in total. The molecule has 0 radical (unpaired) electrons. The Morgan fingerprint density at radius 3 is 2.19 bits per heavy atom. The van der Waals surface area contributed by atoms with Crippen LogP contribution in [0.3, 0.4) is 0 Å². The molecule has 0 amide bonds. The van der Waals surface area contributed by atoms with Gasteiger partial charge < -0.3 is 5.32 Å². The quantitative estimate of drug-likeness (QED) is 0.764. The molecule has 0 aliphatic carbocycles. The number of carbonyl (C=O) groups is 1. The van der Waals surface area contributed by atoms with E-state index in [0.717, 1.165) is 17.7 Å². The van der Waals surface area contributed by atoms with E-state index >= 15 is 0 Å². The van der Waals surface area contributed by atoms with Crippen LogP contribution in [0.1, 0.15) is 44.5 Å². The highest BCUT2D eigenvalue weighted by atomic mass is 16.1. The van der Waals surface area contributed by atoms with Crippen molar-refractivity contribution in [3.05, 3.63) is 29.8 Å². The molecule has 1 rings (SSSR count). The first-order chi connectivity index (χ1) is 7.49.